The van der Waals surface area contributed by atoms with Crippen LogP contribution >= 0.6 is 22.6 Å². The van der Waals surface area contributed by atoms with E-state index in [1.165, 1.54) is 4.33 Å². The van der Waals surface area contributed by atoms with Crippen LogP contribution in [0.2, 0.25) is 20.5 Å². The first-order chi connectivity index (χ1) is 2.56. The van der Waals surface area contributed by atoms with E-state index >= 15 is 0 Å². The van der Waals surface area contributed by atoms with Gasteiger partial charge in [-0.05, 0) is 0 Å². The van der Waals surface area contributed by atoms with E-state index in [1.807, 2.05) is 0 Å². The van der Waals surface area contributed by atoms with Crippen molar-refractivity contribution in [3.05, 3.63) is 0 Å². The quantitative estimate of drug-likeness (QED) is 0.321. The fourth-order valence-corrected chi connectivity index (χ4v) is 0. The Kier molecular flexibility index (Phi) is 9.08. The van der Waals surface area contributed by atoms with Gasteiger partial charge in [0.25, 0.3) is 0 Å². The van der Waals surface area contributed by atoms with Gasteiger partial charge in [-0.25, -0.2) is 0 Å². The first kappa shape index (κ1) is 12.1. The van der Waals surface area contributed by atoms with Gasteiger partial charge in [0.2, 0.25) is 0 Å². The molecule has 0 aromatic carbocycles. The third-order valence-electron chi connectivity index (χ3n) is 0.463. The maximum Gasteiger partial charge on any atom is 1.00 e. The average Bonchev–Trinajstić information content (AvgIpc) is 1.35. The van der Waals surface area contributed by atoms with Crippen molar-refractivity contribution >= 4 is 28.7 Å². The van der Waals surface area contributed by atoms with E-state index in [2.05, 4.69) is 43.1 Å². The molecule has 0 saturated heterocycles. The Labute approximate surface area is 103 Å². The van der Waals surface area contributed by atoms with E-state index in [-0.39, 0.29) is 57.5 Å². The molecule has 0 N–H and O–H groups in total. The molecule has 0 unspecified atom stereocenters. The van der Waals surface area contributed by atoms with Crippen LogP contribution in [0, 0.1) is 0 Å². The third kappa shape index (κ3) is 11.8. The Balaban J connectivity index is 0. The molecule has 0 atom stereocenters. The first-order valence-corrected chi connectivity index (χ1v) is 3.93. The molecule has 0 bridgehead atoms. The summed E-state index contributed by atoms with van der Waals surface area (Å²) < 4.78 is 1.30. The normalized spacial score (nSPS) is 10.3. The molecule has 0 rings (SSSR count). The van der Waals surface area contributed by atoms with Crippen LogP contribution in [0.5, 0.6) is 0 Å². The third-order valence-corrected chi connectivity index (χ3v) is 3.11. The number of alkyl halides is 1. The summed E-state index contributed by atoms with van der Waals surface area (Å²) in [6, 6.07) is 0. The van der Waals surface area contributed by atoms with Crippen molar-refractivity contribution in [3.8, 4) is 0 Å². The van der Waals surface area contributed by atoms with Crippen LogP contribution < -0.4 is 51.4 Å². The minimum absolute atomic E-state index is 0. The SMILES string of the molecule is C[B-](C)(C)CI.[K+]. The van der Waals surface area contributed by atoms with E-state index in [0.29, 0.717) is 0 Å². The van der Waals surface area contributed by atoms with Crippen molar-refractivity contribution in [2.45, 2.75) is 20.5 Å². The molecule has 3 heteroatoms. The van der Waals surface area contributed by atoms with Crippen LogP contribution in [-0.4, -0.2) is 10.5 Å². The van der Waals surface area contributed by atoms with Gasteiger partial charge < -0.3 is 0 Å². The van der Waals surface area contributed by atoms with Crippen molar-refractivity contribution < 1.29 is 51.4 Å². The summed E-state index contributed by atoms with van der Waals surface area (Å²) in [6.45, 7) is 6.89. The molecule has 0 aliphatic rings. The molecule has 0 aromatic rings. The summed E-state index contributed by atoms with van der Waals surface area (Å²) >= 11 is 2.42. The van der Waals surface area contributed by atoms with Crippen LogP contribution in [0.25, 0.3) is 0 Å². The van der Waals surface area contributed by atoms with Gasteiger partial charge in [0.1, 0.15) is 0 Å². The van der Waals surface area contributed by atoms with E-state index < -0.39 is 0 Å². The fourth-order valence-electron chi connectivity index (χ4n) is 0. The van der Waals surface area contributed by atoms with Crippen molar-refractivity contribution in [1.82, 2.24) is 0 Å². The standard InChI is InChI=1S/C4H11BI.K/c1-5(2,3)4-6;/h4H2,1-3H3;/q-1;+1. The van der Waals surface area contributed by atoms with Crippen molar-refractivity contribution in [2.75, 3.05) is 4.33 Å². The number of hydrogen-bond donors (Lipinski definition) is 0. The molecule has 0 spiro atoms. The molecule has 0 aromatic heterocycles. The second kappa shape index (κ2) is 5.23. The van der Waals surface area contributed by atoms with Gasteiger partial charge in [-0.2, -0.15) is 20.5 Å². The van der Waals surface area contributed by atoms with E-state index in [1.54, 1.807) is 0 Å². The zero-order valence-electron chi connectivity index (χ0n) is 5.66. The molecule has 0 nitrogen and oxygen atoms in total. The van der Waals surface area contributed by atoms with Gasteiger partial charge in [0, 0.05) is 6.15 Å². The second-order valence-corrected chi connectivity index (χ2v) is 3.99. The predicted octanol–water partition coefficient (Wildman–Crippen LogP) is -0.697. The van der Waals surface area contributed by atoms with Gasteiger partial charge in [0.15, 0.2) is 0 Å². The molecule has 38 valence electrons. The van der Waals surface area contributed by atoms with Crippen LogP contribution in [-0.2, 0) is 0 Å². The molecule has 0 amide bonds. The van der Waals surface area contributed by atoms with Gasteiger partial charge >= 0.3 is 51.4 Å². The van der Waals surface area contributed by atoms with Crippen molar-refractivity contribution in [3.63, 3.8) is 0 Å². The van der Waals surface area contributed by atoms with Gasteiger partial charge in [0.05, 0.1) is 0 Å². The number of halogens is 1. The maximum atomic E-state index is 2.42. The summed E-state index contributed by atoms with van der Waals surface area (Å²) in [7, 11) is 0. The molecular formula is C4H11BIK. The molecule has 0 aliphatic heterocycles. The van der Waals surface area contributed by atoms with Crippen molar-refractivity contribution in [1.29, 1.82) is 0 Å². The van der Waals surface area contributed by atoms with Crippen LogP contribution in [0.3, 0.4) is 0 Å². The van der Waals surface area contributed by atoms with E-state index in [4.69, 9.17) is 0 Å². The van der Waals surface area contributed by atoms with E-state index in [9.17, 15) is 0 Å². The molecule has 0 fully saturated rings. The zero-order chi connectivity index (χ0) is 5.21. The van der Waals surface area contributed by atoms with Gasteiger partial charge in [-0.1, -0.05) is 0 Å². The fraction of sp³-hybridized carbons (Fsp3) is 1.00. The minimum Gasteiger partial charge on any atom is -0.190 e. The van der Waals surface area contributed by atoms with Crippen molar-refractivity contribution in [2.24, 2.45) is 0 Å². The van der Waals surface area contributed by atoms with Gasteiger partial charge in [-0.3, -0.25) is 0 Å². The molecule has 0 radical (unpaired) electrons. The summed E-state index contributed by atoms with van der Waals surface area (Å²) in [6.07, 6.45) is 0.000556. The predicted molar refractivity (Wildman–Crippen MR) is 42.2 cm³/mol. The number of rotatable bonds is 1. The second-order valence-electron chi connectivity index (χ2n) is 3.11. The average molecular weight is 236 g/mol. The largest absolute Gasteiger partial charge is 1.00 e. The van der Waals surface area contributed by atoms with Gasteiger partial charge in [-0.15, -0.1) is 26.9 Å². The Morgan fingerprint density at radius 1 is 1.29 bits per heavy atom. The molecule has 0 saturated carbocycles. The monoisotopic (exact) mass is 236 g/mol. The minimum atomic E-state index is 0. The smallest absolute Gasteiger partial charge is 0.190 e. The summed E-state index contributed by atoms with van der Waals surface area (Å²) in [5.74, 6) is 0. The van der Waals surface area contributed by atoms with Crippen LogP contribution in [0.4, 0.5) is 0 Å². The number of hydrogen-bond acceptors (Lipinski definition) is 0. The molecule has 0 aliphatic carbocycles. The van der Waals surface area contributed by atoms with Crippen LogP contribution in [0.15, 0.2) is 0 Å². The van der Waals surface area contributed by atoms with E-state index in [0.717, 1.165) is 0 Å². The Morgan fingerprint density at radius 3 is 1.43 bits per heavy atom. The Morgan fingerprint density at radius 2 is 1.43 bits per heavy atom. The molecule has 7 heavy (non-hydrogen) atoms. The Hall–Kier alpha value is 2.43. The maximum absolute atomic E-state index is 2.42. The summed E-state index contributed by atoms with van der Waals surface area (Å²) in [5.41, 5.74) is 0. The molecule has 0 heterocycles. The molecular weight excluding hydrogens is 225 g/mol. The Bertz CT molecular complexity index is 41.4. The summed E-state index contributed by atoms with van der Waals surface area (Å²) in [5, 5.41) is 0. The zero-order valence-corrected chi connectivity index (χ0v) is 10.9. The topological polar surface area (TPSA) is 0 Å². The first-order valence-electron chi connectivity index (χ1n) is 2.41. The van der Waals surface area contributed by atoms with Crippen LogP contribution in [0.1, 0.15) is 0 Å². The summed E-state index contributed by atoms with van der Waals surface area (Å²) in [4.78, 5) is 0.